The van der Waals surface area contributed by atoms with Crippen LogP contribution in [0.4, 0.5) is 13.2 Å². The van der Waals surface area contributed by atoms with E-state index in [1.807, 2.05) is 0 Å². The molecule has 2 nitrogen and oxygen atoms in total. The predicted octanol–water partition coefficient (Wildman–Crippen LogP) is 3.71. The number of hydrogen-bond donors (Lipinski definition) is 0. The Morgan fingerprint density at radius 1 is 1.05 bits per heavy atom. The Balaban J connectivity index is 2.35. The van der Waals surface area contributed by atoms with E-state index in [4.69, 9.17) is 0 Å². The van der Waals surface area contributed by atoms with Crippen LogP contribution in [0.2, 0.25) is 0 Å². The molecule has 2 aromatic rings. The van der Waals surface area contributed by atoms with E-state index < -0.39 is 11.7 Å². The maximum absolute atomic E-state index is 12.5. The van der Waals surface area contributed by atoms with Gasteiger partial charge in [0, 0.05) is 17.6 Å². The monoisotopic (exact) mass is 265 g/mol. The summed E-state index contributed by atoms with van der Waals surface area (Å²) in [5.74, 6) is 0. The Bertz CT molecular complexity index is 594. The molecule has 0 bridgehead atoms. The lowest BCUT2D eigenvalue weighted by Gasteiger charge is -2.09. The normalized spacial score (nSPS) is 11.9. The van der Waals surface area contributed by atoms with E-state index in [-0.39, 0.29) is 0 Å². The first-order chi connectivity index (χ1) is 9.02. The predicted molar refractivity (Wildman–Crippen MR) is 65.9 cm³/mol. The number of halogens is 3. The SMILES string of the molecule is O=C/C=C/c1cccn1-c1ccc(C(F)(F)F)cc1. The Hall–Kier alpha value is -2.30. The zero-order valence-electron chi connectivity index (χ0n) is 9.76. The van der Waals surface area contributed by atoms with E-state index >= 15 is 0 Å². The average molecular weight is 265 g/mol. The number of benzene rings is 1. The molecule has 0 atom stereocenters. The van der Waals surface area contributed by atoms with Gasteiger partial charge in [-0.2, -0.15) is 13.2 Å². The Morgan fingerprint density at radius 2 is 1.74 bits per heavy atom. The van der Waals surface area contributed by atoms with Crippen molar-refractivity contribution in [3.63, 3.8) is 0 Å². The molecule has 1 aromatic carbocycles. The molecular weight excluding hydrogens is 255 g/mol. The summed E-state index contributed by atoms with van der Waals surface area (Å²) in [6.45, 7) is 0. The molecule has 2 rings (SSSR count). The lowest BCUT2D eigenvalue weighted by Crippen LogP contribution is -2.05. The summed E-state index contributed by atoms with van der Waals surface area (Å²) < 4.78 is 39.0. The molecule has 0 N–H and O–H groups in total. The summed E-state index contributed by atoms with van der Waals surface area (Å²) >= 11 is 0. The average Bonchev–Trinajstić information content (AvgIpc) is 2.83. The lowest BCUT2D eigenvalue weighted by atomic mass is 10.2. The van der Waals surface area contributed by atoms with E-state index in [9.17, 15) is 18.0 Å². The number of nitrogens with zero attached hydrogens (tertiary/aromatic N) is 1. The highest BCUT2D eigenvalue weighted by Gasteiger charge is 2.29. The van der Waals surface area contributed by atoms with Crippen LogP contribution in [0.15, 0.2) is 48.7 Å². The molecule has 19 heavy (non-hydrogen) atoms. The highest BCUT2D eigenvalue weighted by Crippen LogP contribution is 2.29. The summed E-state index contributed by atoms with van der Waals surface area (Å²) in [4.78, 5) is 10.3. The van der Waals surface area contributed by atoms with Crippen LogP contribution in [0.5, 0.6) is 0 Å². The van der Waals surface area contributed by atoms with Gasteiger partial charge in [-0.3, -0.25) is 4.79 Å². The van der Waals surface area contributed by atoms with Crippen LogP contribution in [0.1, 0.15) is 11.3 Å². The van der Waals surface area contributed by atoms with Gasteiger partial charge in [0.25, 0.3) is 0 Å². The molecule has 0 aliphatic carbocycles. The second-order valence-electron chi connectivity index (χ2n) is 3.84. The van der Waals surface area contributed by atoms with Gasteiger partial charge in [0.1, 0.15) is 6.29 Å². The third-order valence-electron chi connectivity index (χ3n) is 2.60. The summed E-state index contributed by atoms with van der Waals surface area (Å²) in [6, 6.07) is 8.35. The molecule has 0 unspecified atom stereocenters. The maximum atomic E-state index is 12.5. The third kappa shape index (κ3) is 2.93. The van der Waals surface area contributed by atoms with E-state index in [1.54, 1.807) is 29.0 Å². The molecule has 5 heteroatoms. The summed E-state index contributed by atoms with van der Waals surface area (Å²) in [5.41, 5.74) is 0.629. The largest absolute Gasteiger partial charge is 0.416 e. The van der Waals surface area contributed by atoms with E-state index in [0.717, 1.165) is 12.1 Å². The number of rotatable bonds is 3. The van der Waals surface area contributed by atoms with Gasteiger partial charge in [-0.1, -0.05) is 0 Å². The van der Waals surface area contributed by atoms with Crippen molar-refractivity contribution >= 4 is 12.4 Å². The second kappa shape index (κ2) is 5.14. The molecule has 0 aliphatic heterocycles. The Kier molecular flexibility index (Phi) is 3.55. The van der Waals surface area contributed by atoms with Gasteiger partial charge in [-0.25, -0.2) is 0 Å². The second-order valence-corrected chi connectivity index (χ2v) is 3.84. The summed E-state index contributed by atoms with van der Waals surface area (Å²) in [5, 5.41) is 0. The number of hydrogen-bond acceptors (Lipinski definition) is 1. The van der Waals surface area contributed by atoms with E-state index in [0.29, 0.717) is 17.7 Å². The van der Waals surface area contributed by atoms with Gasteiger partial charge in [0.05, 0.1) is 5.56 Å². The molecule has 0 amide bonds. The Morgan fingerprint density at radius 3 is 2.32 bits per heavy atom. The Labute approximate surface area is 107 Å². The van der Waals surface area contributed by atoms with E-state index in [1.165, 1.54) is 18.2 Å². The molecular formula is C14H10F3NO. The molecule has 1 aromatic heterocycles. The highest BCUT2D eigenvalue weighted by molar-refractivity contribution is 5.73. The number of allylic oxidation sites excluding steroid dienone is 1. The quantitative estimate of drug-likeness (QED) is 0.612. The fraction of sp³-hybridized carbons (Fsp3) is 0.0714. The van der Waals surface area contributed by atoms with Crippen molar-refractivity contribution in [2.24, 2.45) is 0 Å². The van der Waals surface area contributed by atoms with Gasteiger partial charge in [0.2, 0.25) is 0 Å². The number of carbonyl (C=O) groups is 1. The number of alkyl halides is 3. The minimum atomic E-state index is -4.34. The van der Waals surface area contributed by atoms with Crippen molar-refractivity contribution in [1.82, 2.24) is 4.57 Å². The third-order valence-corrected chi connectivity index (χ3v) is 2.60. The fourth-order valence-corrected chi connectivity index (χ4v) is 1.71. The van der Waals surface area contributed by atoms with Crippen molar-refractivity contribution in [3.05, 3.63) is 59.9 Å². The molecule has 0 spiro atoms. The topological polar surface area (TPSA) is 22.0 Å². The van der Waals surface area contributed by atoms with Crippen LogP contribution in [-0.4, -0.2) is 10.9 Å². The molecule has 1 heterocycles. The first-order valence-corrected chi connectivity index (χ1v) is 5.49. The number of aldehydes is 1. The highest BCUT2D eigenvalue weighted by atomic mass is 19.4. The van der Waals surface area contributed by atoms with Crippen molar-refractivity contribution in [1.29, 1.82) is 0 Å². The van der Waals surface area contributed by atoms with Gasteiger partial charge in [0.15, 0.2) is 0 Å². The first-order valence-electron chi connectivity index (χ1n) is 5.49. The van der Waals surface area contributed by atoms with Gasteiger partial charge >= 0.3 is 6.18 Å². The van der Waals surface area contributed by atoms with Crippen molar-refractivity contribution in [2.45, 2.75) is 6.18 Å². The molecule has 0 saturated heterocycles. The molecule has 0 saturated carbocycles. The van der Waals surface area contributed by atoms with Crippen molar-refractivity contribution in [3.8, 4) is 5.69 Å². The van der Waals surface area contributed by atoms with Crippen LogP contribution in [-0.2, 0) is 11.0 Å². The molecule has 0 aliphatic rings. The van der Waals surface area contributed by atoms with Crippen LogP contribution in [0, 0.1) is 0 Å². The van der Waals surface area contributed by atoms with E-state index in [2.05, 4.69) is 0 Å². The molecule has 0 fully saturated rings. The van der Waals surface area contributed by atoms with Crippen LogP contribution in [0.3, 0.4) is 0 Å². The van der Waals surface area contributed by atoms with Crippen LogP contribution in [0.25, 0.3) is 11.8 Å². The first kappa shape index (κ1) is 13.1. The van der Waals surface area contributed by atoms with Crippen molar-refractivity contribution < 1.29 is 18.0 Å². The minimum absolute atomic E-state index is 0.601. The van der Waals surface area contributed by atoms with Crippen LogP contribution < -0.4 is 0 Å². The lowest BCUT2D eigenvalue weighted by molar-refractivity contribution is -0.137. The maximum Gasteiger partial charge on any atom is 0.416 e. The number of aromatic nitrogens is 1. The standard InChI is InChI=1S/C14H10F3NO/c15-14(16,17)11-5-7-13(8-6-11)18-9-1-3-12(18)4-2-10-19/h1-10H/b4-2+. The summed E-state index contributed by atoms with van der Waals surface area (Å²) in [6.07, 6.45) is 0.938. The van der Waals surface area contributed by atoms with Crippen LogP contribution >= 0.6 is 0 Å². The smallest absolute Gasteiger partial charge is 0.317 e. The fourth-order valence-electron chi connectivity index (χ4n) is 1.71. The van der Waals surface area contributed by atoms with Gasteiger partial charge in [-0.05, 0) is 48.6 Å². The zero-order valence-corrected chi connectivity index (χ0v) is 9.76. The van der Waals surface area contributed by atoms with Gasteiger partial charge in [-0.15, -0.1) is 0 Å². The van der Waals surface area contributed by atoms with Crippen molar-refractivity contribution in [2.75, 3.05) is 0 Å². The molecule has 0 radical (unpaired) electrons. The minimum Gasteiger partial charge on any atom is -0.317 e. The van der Waals surface area contributed by atoms with Gasteiger partial charge < -0.3 is 4.57 Å². The zero-order chi connectivity index (χ0) is 13.9. The molecule has 98 valence electrons. The number of carbonyl (C=O) groups excluding carboxylic acids is 1. The summed E-state index contributed by atoms with van der Waals surface area (Å²) in [7, 11) is 0.